The minimum absolute atomic E-state index is 0.0128. The SMILES string of the molecule is C=C1C[C@@H]2CCC(O)/C=C/[C@@H](O[Si](C)(C)C(C)(C)C)[C@@H]3O[C@H]4CC[C@H](CC(=O)C[C@@H]5[C@@H](OC)[C@@H](C[C@@H](CO[Si](C)(C)C(C)(C)C)O[Si](C)(C)C(C)(C)C)O[C@H]5C[C@H]5O[C@@H](CC[C@@H]1O2)C[C@@H](C)C5=C)O[C@@H]4[C@H](O[Si](C)(C)C(C)(C)C)[C@@H]3O[Si](C)(C)C(C)(C)C. The fraction of sp³-hybridized carbons (Fsp3) is 0.900. The molecule has 8 aliphatic rings. The number of fused-ring (bicyclic) bond motifs is 2. The summed E-state index contributed by atoms with van der Waals surface area (Å²) in [4.78, 5) is 15.4. The van der Waals surface area contributed by atoms with Gasteiger partial charge in [-0.05, 0) is 159 Å². The molecule has 8 bridgehead atoms. The fourth-order valence-corrected chi connectivity index (χ4v) is 18.8. The second kappa shape index (κ2) is 28.7. The molecule has 18 atom stereocenters. The molecule has 8 heterocycles. The minimum Gasteiger partial charge on any atom is -0.414 e. The molecule has 0 aromatic heterocycles. The number of Topliss-reactive ketones (excluding diaryl/α,β-unsaturated/α-hetero) is 1. The molecule has 13 nitrogen and oxygen atoms in total. The standard InChI is InChI=1S/C70H132O13Si5/c1-45-38-51-33-36-55-46(2)39-50(75-55)32-30-48(71)31-35-57(81-86(24,25)68(10,11)12)63-65(83-88(28,29)70(16,17)18)64(82-87(26,27)69(13,14)15)62-56(79-63)37-34-52(77-62)40-49(72)41-54-59(43-58(76-51)47(45)3)78-60(61(54)73-19)42-53(80-85(22,23)67(7,8)9)44-74-84(20,21)66(4,5)6/h31,35,45,48,50-65,71H,2-3,30,32-34,36-44H2,1,4-29H3/b35-31+/t45-,48?,50+,51+,52-,53+,54+,55+,56+,57-,58-,59+,60-,61-,62+,63+,64+,65-/m1/s1. The van der Waals surface area contributed by atoms with Crippen LogP contribution in [0, 0.1) is 11.8 Å². The smallest absolute Gasteiger partial charge is 0.193 e. The van der Waals surface area contributed by atoms with Crippen LogP contribution in [0.15, 0.2) is 36.5 Å². The molecule has 0 amide bonds. The number of aliphatic hydroxyl groups excluding tert-OH is 1. The average Bonchev–Trinajstić information content (AvgIpc) is 0.954. The zero-order valence-corrected chi connectivity index (χ0v) is 66.0. The van der Waals surface area contributed by atoms with Crippen LogP contribution >= 0.6 is 0 Å². The fourth-order valence-electron chi connectivity index (χ4n) is 12.5. The van der Waals surface area contributed by atoms with Crippen LogP contribution in [0.25, 0.3) is 0 Å². The van der Waals surface area contributed by atoms with Gasteiger partial charge in [0.1, 0.15) is 30.2 Å². The van der Waals surface area contributed by atoms with Crippen molar-refractivity contribution in [1.82, 2.24) is 0 Å². The number of carbonyl (C=O) groups excluding carboxylic acids is 1. The van der Waals surface area contributed by atoms with Gasteiger partial charge in [0.05, 0.1) is 79.9 Å². The third-order valence-corrected chi connectivity index (χ3v) is 46.1. The van der Waals surface area contributed by atoms with Crippen LogP contribution < -0.4 is 0 Å². The highest BCUT2D eigenvalue weighted by Crippen LogP contribution is 2.50. The lowest BCUT2D eigenvalue weighted by Crippen LogP contribution is -2.69. The van der Waals surface area contributed by atoms with E-state index in [4.69, 9.17) is 50.6 Å². The number of ketones is 1. The van der Waals surface area contributed by atoms with E-state index < -0.39 is 84.3 Å². The van der Waals surface area contributed by atoms with Crippen molar-refractivity contribution in [2.24, 2.45) is 11.8 Å². The molecule has 18 heteroatoms. The first kappa shape index (κ1) is 76.5. The summed E-state index contributed by atoms with van der Waals surface area (Å²) >= 11 is 0. The van der Waals surface area contributed by atoms with Gasteiger partial charge in [-0.25, -0.2) is 0 Å². The van der Waals surface area contributed by atoms with Gasteiger partial charge in [-0.15, -0.1) is 0 Å². The number of ether oxygens (including phenoxy) is 6. The van der Waals surface area contributed by atoms with E-state index in [0.717, 1.165) is 36.8 Å². The Morgan fingerprint density at radius 1 is 0.545 bits per heavy atom. The van der Waals surface area contributed by atoms with Gasteiger partial charge in [0.2, 0.25) is 0 Å². The Balaban J connectivity index is 1.45. The summed E-state index contributed by atoms with van der Waals surface area (Å²) in [5.74, 6) is 0.0699. The van der Waals surface area contributed by atoms with E-state index in [2.05, 4.69) is 195 Å². The highest BCUT2D eigenvalue weighted by molar-refractivity contribution is 6.76. The Labute approximate surface area is 543 Å². The van der Waals surface area contributed by atoms with Gasteiger partial charge in [-0.3, -0.25) is 4.79 Å². The van der Waals surface area contributed by atoms with Crippen molar-refractivity contribution in [3.63, 3.8) is 0 Å². The maximum absolute atomic E-state index is 15.4. The summed E-state index contributed by atoms with van der Waals surface area (Å²) in [6.45, 7) is 69.2. The lowest BCUT2D eigenvalue weighted by Gasteiger charge is -2.56. The van der Waals surface area contributed by atoms with Crippen molar-refractivity contribution < 1.29 is 60.5 Å². The maximum atomic E-state index is 15.4. The van der Waals surface area contributed by atoms with Crippen molar-refractivity contribution in [3.05, 3.63) is 36.5 Å². The summed E-state index contributed by atoms with van der Waals surface area (Å²) in [5.41, 5.74) is 2.17. The third-order valence-electron chi connectivity index (χ3n) is 23.7. The summed E-state index contributed by atoms with van der Waals surface area (Å²) in [5, 5.41) is 11.5. The predicted octanol–water partition coefficient (Wildman–Crippen LogP) is 17.0. The molecule has 0 saturated carbocycles. The third kappa shape index (κ3) is 18.7. The summed E-state index contributed by atoms with van der Waals surface area (Å²) in [6, 6.07) is 0. The van der Waals surface area contributed by atoms with E-state index >= 15 is 4.79 Å². The Kier molecular flexibility index (Phi) is 24.9. The lowest BCUT2D eigenvalue weighted by molar-refractivity contribution is -0.266. The minimum atomic E-state index is -2.58. The van der Waals surface area contributed by atoms with Gasteiger partial charge < -0.3 is 55.7 Å². The molecule has 0 aromatic rings. The van der Waals surface area contributed by atoms with Crippen LogP contribution in [0.3, 0.4) is 0 Å². The van der Waals surface area contributed by atoms with Crippen LogP contribution in [0.5, 0.6) is 0 Å². The molecule has 510 valence electrons. The van der Waals surface area contributed by atoms with Crippen molar-refractivity contribution >= 4 is 47.4 Å². The highest BCUT2D eigenvalue weighted by Gasteiger charge is 2.59. The van der Waals surface area contributed by atoms with Crippen molar-refractivity contribution in [1.29, 1.82) is 0 Å². The van der Waals surface area contributed by atoms with E-state index in [0.29, 0.717) is 45.1 Å². The zero-order valence-electron chi connectivity index (χ0n) is 61.0. The van der Waals surface area contributed by atoms with Gasteiger partial charge >= 0.3 is 0 Å². The first-order valence-electron chi connectivity index (χ1n) is 34.4. The monoisotopic (exact) mass is 1320 g/mol. The lowest BCUT2D eigenvalue weighted by atomic mass is 9.81. The second-order valence-electron chi connectivity index (χ2n) is 35.7. The predicted molar refractivity (Wildman–Crippen MR) is 372 cm³/mol. The van der Waals surface area contributed by atoms with E-state index in [9.17, 15) is 5.11 Å². The molecule has 0 aromatic carbocycles. The average molecular weight is 1320 g/mol. The summed E-state index contributed by atoms with van der Waals surface area (Å²) in [6.07, 6.45) is 5.27. The number of methoxy groups -OCH3 is 1. The van der Waals surface area contributed by atoms with Gasteiger partial charge in [0.15, 0.2) is 41.6 Å². The Morgan fingerprint density at radius 3 is 1.61 bits per heavy atom. The molecule has 8 aliphatic heterocycles. The van der Waals surface area contributed by atoms with E-state index in [-0.39, 0.29) is 111 Å². The summed E-state index contributed by atoms with van der Waals surface area (Å²) < 4.78 is 80.5. The number of rotatable bonds is 14. The zero-order chi connectivity index (χ0) is 66.5. The van der Waals surface area contributed by atoms with Gasteiger partial charge in [0, 0.05) is 38.7 Å². The molecular weight excluding hydrogens is 1190 g/mol. The molecule has 1 unspecified atom stereocenters. The number of hydrogen-bond acceptors (Lipinski definition) is 13. The number of hydrogen-bond donors (Lipinski definition) is 1. The van der Waals surface area contributed by atoms with Crippen LogP contribution in [0.2, 0.25) is 90.7 Å². The van der Waals surface area contributed by atoms with Gasteiger partial charge in [0.25, 0.3) is 0 Å². The number of carbonyl (C=O) groups is 1. The highest BCUT2D eigenvalue weighted by atomic mass is 28.4. The van der Waals surface area contributed by atoms with Crippen molar-refractivity contribution in [2.75, 3.05) is 13.7 Å². The van der Waals surface area contributed by atoms with Crippen molar-refractivity contribution in [3.8, 4) is 0 Å². The van der Waals surface area contributed by atoms with E-state index in [1.54, 1.807) is 7.11 Å². The molecule has 0 aliphatic carbocycles. The molecular formula is C70H132O13Si5. The molecule has 0 radical (unpaired) electrons. The van der Waals surface area contributed by atoms with Crippen LogP contribution in [0.4, 0.5) is 0 Å². The molecule has 5 fully saturated rings. The quantitative estimate of drug-likeness (QED) is 0.131. The first-order chi connectivity index (χ1) is 40.0. The van der Waals surface area contributed by atoms with E-state index in [1.807, 2.05) is 6.08 Å². The molecule has 1 N–H and O–H groups in total. The summed E-state index contributed by atoms with van der Waals surface area (Å²) in [7, 11) is -10.3. The van der Waals surface area contributed by atoms with Crippen molar-refractivity contribution in [2.45, 2.75) is 376 Å². The van der Waals surface area contributed by atoms with Crippen LogP contribution in [-0.2, 0) is 55.3 Å². The molecule has 5 saturated heterocycles. The normalized spacial score (nSPS) is 35.4. The Morgan fingerprint density at radius 2 is 1.06 bits per heavy atom. The van der Waals surface area contributed by atoms with Gasteiger partial charge in [-0.1, -0.05) is 136 Å². The Hall–Kier alpha value is -0.506. The topological polar surface area (TPSA) is 139 Å². The molecule has 88 heavy (non-hydrogen) atoms. The van der Waals surface area contributed by atoms with Gasteiger partial charge in [-0.2, -0.15) is 0 Å². The first-order valence-corrected chi connectivity index (χ1v) is 48.9. The largest absolute Gasteiger partial charge is 0.414 e. The second-order valence-corrected chi connectivity index (χ2v) is 59.5. The Bertz CT molecular complexity index is 2360. The molecule has 0 spiro atoms. The maximum Gasteiger partial charge on any atom is 0.193 e. The van der Waals surface area contributed by atoms with Crippen LogP contribution in [-0.4, -0.2) is 164 Å². The van der Waals surface area contributed by atoms with E-state index in [1.165, 1.54) is 0 Å². The number of aliphatic hydroxyl groups is 1. The van der Waals surface area contributed by atoms with Crippen LogP contribution in [0.1, 0.15) is 188 Å². The molecule has 8 rings (SSSR count).